The van der Waals surface area contributed by atoms with Gasteiger partial charge in [-0.3, -0.25) is 9.59 Å². The average Bonchev–Trinajstić information content (AvgIpc) is 2.42. The molecule has 0 radical (unpaired) electrons. The first-order valence-corrected chi connectivity index (χ1v) is 8.69. The van der Waals surface area contributed by atoms with Crippen LogP contribution in [0.15, 0.2) is 0 Å². The van der Waals surface area contributed by atoms with Crippen molar-refractivity contribution >= 4 is 11.9 Å². The van der Waals surface area contributed by atoms with Crippen LogP contribution in [0.4, 0.5) is 0 Å². The summed E-state index contributed by atoms with van der Waals surface area (Å²) in [4.78, 5) is 23.7. The van der Waals surface area contributed by atoms with Crippen molar-refractivity contribution in [3.63, 3.8) is 0 Å². The van der Waals surface area contributed by atoms with Crippen molar-refractivity contribution in [2.45, 2.75) is 72.6 Å². The van der Waals surface area contributed by atoms with Crippen LogP contribution < -0.4 is 0 Å². The van der Waals surface area contributed by atoms with Gasteiger partial charge in [-0.2, -0.15) is 0 Å². The summed E-state index contributed by atoms with van der Waals surface area (Å²) < 4.78 is 0. The zero-order valence-corrected chi connectivity index (χ0v) is 14.5. The fraction of sp³-hybridized carbons (Fsp3) is 0.889. The van der Waals surface area contributed by atoms with Gasteiger partial charge >= 0.3 is 11.9 Å². The Kier molecular flexibility index (Phi) is 6.89. The molecule has 4 heteroatoms. The Morgan fingerprint density at radius 1 is 1.14 bits per heavy atom. The van der Waals surface area contributed by atoms with Crippen molar-refractivity contribution in [2.24, 2.45) is 29.1 Å². The van der Waals surface area contributed by atoms with Gasteiger partial charge in [-0.15, -0.1) is 0 Å². The number of carboxylic acid groups (broad SMARTS) is 2. The summed E-state index contributed by atoms with van der Waals surface area (Å²) in [6.07, 6.45) is 5.73. The van der Waals surface area contributed by atoms with Crippen molar-refractivity contribution in [3.8, 4) is 0 Å². The Morgan fingerprint density at radius 2 is 1.77 bits per heavy atom. The largest absolute Gasteiger partial charge is 0.481 e. The summed E-state index contributed by atoms with van der Waals surface area (Å²) in [5, 5.41) is 19.4. The molecule has 1 aliphatic rings. The quantitative estimate of drug-likeness (QED) is 0.650. The van der Waals surface area contributed by atoms with Crippen LogP contribution in [0.3, 0.4) is 0 Å². The standard InChI is InChI=1S/C18H32O4/c1-12(2)8-5-6-10-15-14(16(19)20)9-7-11-18(15,13(3)4)17(21)22/h12-15H,5-11H2,1-4H3,(H,19,20)(H,21,22). The highest BCUT2D eigenvalue weighted by Crippen LogP contribution is 2.51. The Labute approximate surface area is 134 Å². The predicted octanol–water partition coefficient (Wildman–Crippen LogP) is 4.43. The van der Waals surface area contributed by atoms with Gasteiger partial charge < -0.3 is 10.2 Å². The van der Waals surface area contributed by atoms with Gasteiger partial charge in [-0.25, -0.2) is 0 Å². The molecular weight excluding hydrogens is 280 g/mol. The summed E-state index contributed by atoms with van der Waals surface area (Å²) in [6.45, 7) is 8.21. The molecule has 0 aromatic rings. The number of hydrogen-bond donors (Lipinski definition) is 2. The van der Waals surface area contributed by atoms with Crippen LogP contribution in [0.2, 0.25) is 0 Å². The Bertz CT molecular complexity index is 389. The van der Waals surface area contributed by atoms with E-state index in [4.69, 9.17) is 0 Å². The lowest BCUT2D eigenvalue weighted by molar-refractivity contribution is -0.168. The molecule has 1 saturated carbocycles. The maximum absolute atomic E-state index is 12.0. The first-order chi connectivity index (χ1) is 10.2. The molecule has 0 aromatic carbocycles. The van der Waals surface area contributed by atoms with E-state index >= 15 is 0 Å². The zero-order chi connectivity index (χ0) is 16.9. The lowest BCUT2D eigenvalue weighted by Crippen LogP contribution is -2.50. The van der Waals surface area contributed by atoms with E-state index in [-0.39, 0.29) is 11.8 Å². The molecule has 1 fully saturated rings. The summed E-state index contributed by atoms with van der Waals surface area (Å²) in [6, 6.07) is 0. The molecule has 3 atom stereocenters. The van der Waals surface area contributed by atoms with E-state index in [0.29, 0.717) is 31.6 Å². The summed E-state index contributed by atoms with van der Waals surface area (Å²) in [5.74, 6) is -1.78. The van der Waals surface area contributed by atoms with Crippen molar-refractivity contribution < 1.29 is 19.8 Å². The molecule has 0 aromatic heterocycles. The number of hydrogen-bond acceptors (Lipinski definition) is 2. The summed E-state index contributed by atoms with van der Waals surface area (Å²) in [7, 11) is 0. The topological polar surface area (TPSA) is 74.6 Å². The van der Waals surface area contributed by atoms with Crippen molar-refractivity contribution in [3.05, 3.63) is 0 Å². The second-order valence-corrected chi connectivity index (χ2v) is 7.62. The highest BCUT2D eigenvalue weighted by atomic mass is 16.4. The SMILES string of the molecule is CC(C)CCCCC1C(C(=O)O)CCCC1(C(=O)O)C(C)C. The van der Waals surface area contributed by atoms with Crippen LogP contribution in [0.25, 0.3) is 0 Å². The number of rotatable bonds is 8. The van der Waals surface area contributed by atoms with Gasteiger partial charge in [0.05, 0.1) is 11.3 Å². The van der Waals surface area contributed by atoms with Crippen LogP contribution in [0.1, 0.15) is 72.6 Å². The smallest absolute Gasteiger partial charge is 0.310 e. The maximum Gasteiger partial charge on any atom is 0.310 e. The van der Waals surface area contributed by atoms with Crippen molar-refractivity contribution in [2.75, 3.05) is 0 Å². The monoisotopic (exact) mass is 312 g/mol. The van der Waals surface area contributed by atoms with Crippen LogP contribution in [0, 0.1) is 29.1 Å². The van der Waals surface area contributed by atoms with Gasteiger partial charge in [0.1, 0.15) is 0 Å². The van der Waals surface area contributed by atoms with E-state index in [1.807, 2.05) is 13.8 Å². The second-order valence-electron chi connectivity index (χ2n) is 7.62. The molecule has 4 nitrogen and oxygen atoms in total. The first kappa shape index (κ1) is 19.0. The third-order valence-corrected chi connectivity index (χ3v) is 5.55. The van der Waals surface area contributed by atoms with Crippen LogP contribution in [-0.2, 0) is 9.59 Å². The second kappa shape index (κ2) is 7.98. The average molecular weight is 312 g/mol. The number of aliphatic carboxylic acids is 2. The van der Waals surface area contributed by atoms with E-state index in [9.17, 15) is 19.8 Å². The van der Waals surface area contributed by atoms with Crippen LogP contribution in [0.5, 0.6) is 0 Å². The molecule has 0 bridgehead atoms. The minimum absolute atomic E-state index is 0.0396. The van der Waals surface area contributed by atoms with E-state index < -0.39 is 23.3 Å². The highest BCUT2D eigenvalue weighted by molar-refractivity contribution is 5.78. The van der Waals surface area contributed by atoms with E-state index in [0.717, 1.165) is 19.3 Å². The Balaban J connectivity index is 2.95. The Morgan fingerprint density at radius 3 is 2.23 bits per heavy atom. The molecule has 128 valence electrons. The highest BCUT2D eigenvalue weighted by Gasteiger charge is 2.54. The van der Waals surface area contributed by atoms with Crippen LogP contribution in [-0.4, -0.2) is 22.2 Å². The lowest BCUT2D eigenvalue weighted by atomic mass is 9.55. The van der Waals surface area contributed by atoms with Gasteiger partial charge in [0.25, 0.3) is 0 Å². The number of carboxylic acids is 2. The molecule has 0 saturated heterocycles. The number of unbranched alkanes of at least 4 members (excludes halogenated alkanes) is 1. The number of carbonyl (C=O) groups is 2. The molecule has 1 aliphatic carbocycles. The van der Waals surface area contributed by atoms with Crippen LogP contribution >= 0.6 is 0 Å². The normalized spacial score (nSPS) is 29.0. The molecule has 0 aliphatic heterocycles. The molecule has 2 N–H and O–H groups in total. The Hall–Kier alpha value is -1.06. The van der Waals surface area contributed by atoms with E-state index in [1.165, 1.54) is 0 Å². The van der Waals surface area contributed by atoms with Gasteiger partial charge in [-0.05, 0) is 37.0 Å². The van der Waals surface area contributed by atoms with Crippen molar-refractivity contribution in [1.82, 2.24) is 0 Å². The molecule has 0 spiro atoms. The van der Waals surface area contributed by atoms with E-state index in [1.54, 1.807) is 0 Å². The van der Waals surface area contributed by atoms with Gasteiger partial charge in [0.2, 0.25) is 0 Å². The van der Waals surface area contributed by atoms with Gasteiger partial charge in [0, 0.05) is 0 Å². The molecule has 3 unspecified atom stereocenters. The summed E-state index contributed by atoms with van der Waals surface area (Å²) in [5.41, 5.74) is -0.876. The lowest BCUT2D eigenvalue weighted by Gasteiger charge is -2.47. The fourth-order valence-electron chi connectivity index (χ4n) is 4.26. The zero-order valence-electron chi connectivity index (χ0n) is 14.5. The van der Waals surface area contributed by atoms with Gasteiger partial charge in [0.15, 0.2) is 0 Å². The summed E-state index contributed by atoms with van der Waals surface area (Å²) >= 11 is 0. The minimum atomic E-state index is -0.876. The minimum Gasteiger partial charge on any atom is -0.481 e. The predicted molar refractivity (Wildman–Crippen MR) is 86.7 cm³/mol. The third-order valence-electron chi connectivity index (χ3n) is 5.55. The molecule has 1 rings (SSSR count). The first-order valence-electron chi connectivity index (χ1n) is 8.69. The third kappa shape index (κ3) is 4.02. The van der Waals surface area contributed by atoms with E-state index in [2.05, 4.69) is 13.8 Å². The molecule has 0 heterocycles. The van der Waals surface area contributed by atoms with Crippen molar-refractivity contribution in [1.29, 1.82) is 0 Å². The fourth-order valence-corrected chi connectivity index (χ4v) is 4.26. The molecule has 22 heavy (non-hydrogen) atoms. The maximum atomic E-state index is 12.0. The molecular formula is C18H32O4. The molecule has 0 amide bonds. The van der Waals surface area contributed by atoms with Gasteiger partial charge in [-0.1, -0.05) is 53.4 Å².